The molecule has 3 N–H and O–H groups in total. The largest absolute Gasteiger partial charge is 0.460 e. The molecule has 2 heterocycles. The monoisotopic (exact) mass is 415 g/mol. The van der Waals surface area contributed by atoms with Crippen LogP contribution in [0.2, 0.25) is 0 Å². The van der Waals surface area contributed by atoms with E-state index in [0.717, 1.165) is 0 Å². The predicted molar refractivity (Wildman–Crippen MR) is 112 cm³/mol. The second kappa shape index (κ2) is 10.3. The summed E-state index contributed by atoms with van der Waals surface area (Å²) in [5.74, 6) is -1.53. The van der Waals surface area contributed by atoms with E-state index in [-0.39, 0.29) is 37.8 Å². The Kier molecular flexibility index (Phi) is 7.85. The van der Waals surface area contributed by atoms with Crippen molar-refractivity contribution in [3.05, 3.63) is 59.7 Å². The van der Waals surface area contributed by atoms with Crippen molar-refractivity contribution in [3.63, 3.8) is 0 Å². The maximum absolute atomic E-state index is 14.9. The number of anilines is 1. The maximum atomic E-state index is 14.9. The summed E-state index contributed by atoms with van der Waals surface area (Å²) < 4.78 is 19.9. The summed E-state index contributed by atoms with van der Waals surface area (Å²) in [5, 5.41) is 7.08. The number of aromatic nitrogens is 1. The first-order chi connectivity index (χ1) is 14.0. The third kappa shape index (κ3) is 5.53. The normalized spacial score (nSPS) is 13.4. The zero-order valence-corrected chi connectivity index (χ0v) is 15.8. The molecule has 30 heavy (non-hydrogen) atoms. The standard InChI is InChI=1S/C20H22FN5O3.CH4/c21-19-15(13-29-18(27)11-17(22)23)3-1-5-16(19)25-7-9-26(10-8-25)20(28)14-4-2-6-24-12-14;/h1-6,12H,7-11,13H2,(H3,22,23);1H4. The van der Waals surface area contributed by atoms with Gasteiger partial charge in [-0.3, -0.25) is 20.0 Å². The third-order valence-electron chi connectivity index (χ3n) is 4.60. The topological polar surface area (TPSA) is 113 Å². The summed E-state index contributed by atoms with van der Waals surface area (Å²) in [5.41, 5.74) is 6.33. The second-order valence-electron chi connectivity index (χ2n) is 6.63. The van der Waals surface area contributed by atoms with Gasteiger partial charge in [-0.05, 0) is 18.2 Å². The Hall–Kier alpha value is -3.49. The van der Waals surface area contributed by atoms with Crippen LogP contribution in [0.25, 0.3) is 0 Å². The number of nitrogens with one attached hydrogen (secondary N) is 1. The lowest BCUT2D eigenvalue weighted by atomic mass is 10.1. The summed E-state index contributed by atoms with van der Waals surface area (Å²) in [7, 11) is 0. The summed E-state index contributed by atoms with van der Waals surface area (Å²) in [6.07, 6.45) is 2.82. The Labute approximate surface area is 175 Å². The summed E-state index contributed by atoms with van der Waals surface area (Å²) in [6.45, 7) is 1.66. The SMILES string of the molecule is C.N=C(N)CC(=O)OCc1cccc(N2CCN(C(=O)c3cccnc3)CC2)c1F. The molecular formula is C21H26FN5O3. The molecule has 1 fully saturated rings. The highest BCUT2D eigenvalue weighted by Crippen LogP contribution is 2.24. The minimum Gasteiger partial charge on any atom is -0.460 e. The minimum absolute atomic E-state index is 0. The number of benzene rings is 1. The highest BCUT2D eigenvalue weighted by atomic mass is 19.1. The number of carbonyl (C=O) groups excluding carboxylic acids is 2. The molecular weight excluding hydrogens is 389 g/mol. The molecule has 1 aromatic carbocycles. The molecule has 0 atom stereocenters. The van der Waals surface area contributed by atoms with Crippen molar-refractivity contribution >= 4 is 23.4 Å². The number of carbonyl (C=O) groups is 2. The second-order valence-corrected chi connectivity index (χ2v) is 6.63. The Bertz CT molecular complexity index is 899. The lowest BCUT2D eigenvalue weighted by molar-refractivity contribution is -0.143. The average Bonchev–Trinajstić information content (AvgIpc) is 2.73. The number of pyridine rings is 1. The van der Waals surface area contributed by atoms with Gasteiger partial charge < -0.3 is 20.3 Å². The van der Waals surface area contributed by atoms with Gasteiger partial charge in [0.2, 0.25) is 0 Å². The van der Waals surface area contributed by atoms with E-state index in [1.807, 2.05) is 4.90 Å². The van der Waals surface area contributed by atoms with E-state index in [1.165, 1.54) is 6.20 Å². The van der Waals surface area contributed by atoms with Gasteiger partial charge in [0.15, 0.2) is 5.82 Å². The fourth-order valence-electron chi connectivity index (χ4n) is 3.11. The van der Waals surface area contributed by atoms with E-state index in [9.17, 15) is 14.0 Å². The lowest BCUT2D eigenvalue weighted by Gasteiger charge is -2.36. The molecule has 0 saturated carbocycles. The van der Waals surface area contributed by atoms with Crippen molar-refractivity contribution in [3.8, 4) is 0 Å². The van der Waals surface area contributed by atoms with Crippen molar-refractivity contribution in [1.82, 2.24) is 9.88 Å². The molecule has 0 radical (unpaired) electrons. The summed E-state index contributed by atoms with van der Waals surface area (Å²) in [4.78, 5) is 31.6. The first kappa shape index (κ1) is 22.8. The van der Waals surface area contributed by atoms with Gasteiger partial charge in [0, 0.05) is 44.1 Å². The minimum atomic E-state index is -0.676. The lowest BCUT2D eigenvalue weighted by Crippen LogP contribution is -2.49. The molecule has 3 rings (SSSR count). The van der Waals surface area contributed by atoms with Crippen LogP contribution in [0.3, 0.4) is 0 Å². The van der Waals surface area contributed by atoms with Crippen molar-refractivity contribution < 1.29 is 18.7 Å². The smallest absolute Gasteiger partial charge is 0.313 e. The van der Waals surface area contributed by atoms with E-state index in [4.69, 9.17) is 15.9 Å². The average molecular weight is 415 g/mol. The van der Waals surface area contributed by atoms with Gasteiger partial charge in [0.1, 0.15) is 18.9 Å². The van der Waals surface area contributed by atoms with E-state index in [0.29, 0.717) is 37.4 Å². The molecule has 1 aliphatic heterocycles. The van der Waals surface area contributed by atoms with Crippen LogP contribution in [-0.4, -0.2) is 53.8 Å². The van der Waals surface area contributed by atoms with Crippen LogP contribution in [0.5, 0.6) is 0 Å². The molecule has 9 heteroatoms. The number of hydrogen-bond acceptors (Lipinski definition) is 6. The highest BCUT2D eigenvalue weighted by molar-refractivity contribution is 5.95. The molecule has 1 saturated heterocycles. The molecule has 2 aromatic rings. The molecule has 8 nitrogen and oxygen atoms in total. The predicted octanol–water partition coefficient (Wildman–Crippen LogP) is 2.19. The Balaban J connectivity index is 0.00000320. The van der Waals surface area contributed by atoms with Crippen LogP contribution in [-0.2, 0) is 16.1 Å². The van der Waals surface area contributed by atoms with Gasteiger partial charge >= 0.3 is 5.97 Å². The van der Waals surface area contributed by atoms with Crippen LogP contribution in [0.4, 0.5) is 10.1 Å². The van der Waals surface area contributed by atoms with Crippen LogP contribution < -0.4 is 10.6 Å². The van der Waals surface area contributed by atoms with Crippen LogP contribution in [0.15, 0.2) is 42.7 Å². The molecule has 1 aromatic heterocycles. The number of amides is 1. The Morgan fingerprint density at radius 1 is 1.17 bits per heavy atom. The van der Waals surface area contributed by atoms with E-state index < -0.39 is 11.8 Å². The molecule has 0 bridgehead atoms. The molecule has 0 spiro atoms. The van der Waals surface area contributed by atoms with Gasteiger partial charge in [0.05, 0.1) is 11.3 Å². The fraction of sp³-hybridized carbons (Fsp3) is 0.333. The number of halogens is 1. The first-order valence-electron chi connectivity index (χ1n) is 9.16. The molecule has 1 amide bonds. The quantitative estimate of drug-likeness (QED) is 0.425. The summed E-state index contributed by atoms with van der Waals surface area (Å²) >= 11 is 0. The number of hydrogen-bond donors (Lipinski definition) is 2. The summed E-state index contributed by atoms with van der Waals surface area (Å²) in [6, 6.07) is 8.34. The van der Waals surface area contributed by atoms with Gasteiger partial charge in [-0.1, -0.05) is 19.6 Å². The van der Waals surface area contributed by atoms with Gasteiger partial charge in [-0.25, -0.2) is 4.39 Å². The van der Waals surface area contributed by atoms with Crippen molar-refractivity contribution in [2.75, 3.05) is 31.1 Å². The highest BCUT2D eigenvalue weighted by Gasteiger charge is 2.24. The van der Waals surface area contributed by atoms with E-state index in [1.54, 1.807) is 41.4 Å². The number of amidine groups is 1. The zero-order valence-electron chi connectivity index (χ0n) is 15.8. The molecule has 1 aliphatic rings. The number of esters is 1. The van der Waals surface area contributed by atoms with Crippen LogP contribution in [0, 0.1) is 11.2 Å². The van der Waals surface area contributed by atoms with Gasteiger partial charge in [-0.2, -0.15) is 0 Å². The number of rotatable bonds is 6. The van der Waals surface area contributed by atoms with Crippen molar-refractivity contribution in [1.29, 1.82) is 5.41 Å². The van der Waals surface area contributed by atoms with Crippen LogP contribution in [0.1, 0.15) is 29.8 Å². The number of nitrogens with zero attached hydrogens (tertiary/aromatic N) is 3. The number of nitrogens with two attached hydrogens (primary N) is 1. The molecule has 0 unspecified atom stereocenters. The first-order valence-corrected chi connectivity index (χ1v) is 9.16. The van der Waals surface area contributed by atoms with Crippen LogP contribution >= 0.6 is 0 Å². The Morgan fingerprint density at radius 3 is 2.53 bits per heavy atom. The van der Waals surface area contributed by atoms with Gasteiger partial charge in [0.25, 0.3) is 5.91 Å². The van der Waals surface area contributed by atoms with E-state index >= 15 is 0 Å². The van der Waals surface area contributed by atoms with Gasteiger partial charge in [-0.15, -0.1) is 0 Å². The van der Waals surface area contributed by atoms with E-state index in [2.05, 4.69) is 4.98 Å². The third-order valence-corrected chi connectivity index (χ3v) is 4.60. The molecule has 0 aliphatic carbocycles. The number of ether oxygens (including phenoxy) is 1. The Morgan fingerprint density at radius 2 is 1.90 bits per heavy atom. The fourth-order valence-corrected chi connectivity index (χ4v) is 3.11. The van der Waals surface area contributed by atoms with Crippen molar-refractivity contribution in [2.45, 2.75) is 20.5 Å². The number of piperazine rings is 1. The zero-order chi connectivity index (χ0) is 20.8. The maximum Gasteiger partial charge on any atom is 0.313 e. The van der Waals surface area contributed by atoms with Crippen molar-refractivity contribution in [2.24, 2.45) is 5.73 Å². The molecule has 160 valence electrons.